The van der Waals surface area contributed by atoms with Crippen molar-refractivity contribution in [1.82, 2.24) is 9.69 Å². The summed E-state index contributed by atoms with van der Waals surface area (Å²) < 4.78 is 16.4. The van der Waals surface area contributed by atoms with E-state index in [-0.39, 0.29) is 5.91 Å². The number of carbonyl (C=O) groups is 1. The standard InChI is InChI=1S/C24H23N3O3S/c1-29-20-8-5-7-18(22(20)30-2)16-10-12-17(13-11-16)24(28)26-15-14-25-23-19-6-3-4-9-21(19)31-27-23/h3-13H,14-15H2,1-2H3,(H,25,27)(H,26,28). The topological polar surface area (TPSA) is 72.5 Å². The van der Waals surface area contributed by atoms with E-state index in [1.54, 1.807) is 14.2 Å². The Morgan fingerprint density at radius 2 is 1.74 bits per heavy atom. The number of anilines is 1. The molecular weight excluding hydrogens is 410 g/mol. The van der Waals surface area contributed by atoms with Gasteiger partial charge in [0.05, 0.1) is 18.9 Å². The van der Waals surface area contributed by atoms with Gasteiger partial charge in [-0.1, -0.05) is 36.4 Å². The first kappa shape index (κ1) is 20.7. The zero-order valence-electron chi connectivity index (χ0n) is 17.3. The summed E-state index contributed by atoms with van der Waals surface area (Å²) in [6.45, 7) is 1.09. The number of hydrogen-bond acceptors (Lipinski definition) is 6. The molecule has 4 aromatic rings. The van der Waals surface area contributed by atoms with E-state index in [1.807, 2.05) is 66.7 Å². The van der Waals surface area contributed by atoms with E-state index in [2.05, 4.69) is 15.0 Å². The molecule has 0 atom stereocenters. The van der Waals surface area contributed by atoms with Crippen LogP contribution in [0.1, 0.15) is 10.4 Å². The molecule has 158 valence electrons. The first-order valence-electron chi connectivity index (χ1n) is 9.89. The van der Waals surface area contributed by atoms with Crippen molar-refractivity contribution in [3.8, 4) is 22.6 Å². The van der Waals surface area contributed by atoms with Crippen LogP contribution >= 0.6 is 11.5 Å². The molecule has 1 amide bonds. The van der Waals surface area contributed by atoms with Gasteiger partial charge in [0.15, 0.2) is 11.5 Å². The van der Waals surface area contributed by atoms with Gasteiger partial charge in [-0.3, -0.25) is 4.79 Å². The van der Waals surface area contributed by atoms with Crippen LogP contribution in [0.2, 0.25) is 0 Å². The number of para-hydroxylation sites is 1. The van der Waals surface area contributed by atoms with Gasteiger partial charge in [-0.25, -0.2) is 0 Å². The van der Waals surface area contributed by atoms with Gasteiger partial charge in [-0.05, 0) is 47.4 Å². The van der Waals surface area contributed by atoms with Gasteiger partial charge in [0, 0.05) is 29.6 Å². The number of ether oxygens (including phenoxy) is 2. The fraction of sp³-hybridized carbons (Fsp3) is 0.167. The molecule has 0 spiro atoms. The van der Waals surface area contributed by atoms with Gasteiger partial charge in [0.1, 0.15) is 5.82 Å². The highest BCUT2D eigenvalue weighted by atomic mass is 32.1. The van der Waals surface area contributed by atoms with E-state index in [4.69, 9.17) is 9.47 Å². The van der Waals surface area contributed by atoms with Crippen LogP contribution in [-0.4, -0.2) is 37.6 Å². The second kappa shape index (κ2) is 9.49. The van der Waals surface area contributed by atoms with Gasteiger partial charge >= 0.3 is 0 Å². The lowest BCUT2D eigenvalue weighted by Crippen LogP contribution is -2.28. The number of amides is 1. The third kappa shape index (κ3) is 4.46. The summed E-state index contributed by atoms with van der Waals surface area (Å²) in [6, 6.07) is 21.2. The van der Waals surface area contributed by atoms with Gasteiger partial charge in [0.25, 0.3) is 5.91 Å². The van der Waals surface area contributed by atoms with Crippen molar-refractivity contribution < 1.29 is 14.3 Å². The fourth-order valence-electron chi connectivity index (χ4n) is 3.39. The Labute approximate surface area is 185 Å². The van der Waals surface area contributed by atoms with E-state index in [1.165, 1.54) is 11.5 Å². The Bertz CT molecular complexity index is 1190. The summed E-state index contributed by atoms with van der Waals surface area (Å²) in [4.78, 5) is 12.5. The molecule has 7 heteroatoms. The minimum absolute atomic E-state index is 0.117. The molecule has 0 saturated heterocycles. The molecule has 1 aromatic heterocycles. The third-order valence-electron chi connectivity index (χ3n) is 4.94. The van der Waals surface area contributed by atoms with Gasteiger partial charge in [0.2, 0.25) is 0 Å². The maximum absolute atomic E-state index is 12.5. The highest BCUT2D eigenvalue weighted by Crippen LogP contribution is 2.37. The number of nitrogens with zero attached hydrogens (tertiary/aromatic N) is 1. The number of hydrogen-bond donors (Lipinski definition) is 2. The molecule has 0 aliphatic carbocycles. The van der Waals surface area contributed by atoms with Crippen molar-refractivity contribution in [3.63, 3.8) is 0 Å². The first-order valence-corrected chi connectivity index (χ1v) is 10.7. The molecule has 0 radical (unpaired) electrons. The number of methoxy groups -OCH3 is 2. The Morgan fingerprint density at radius 3 is 2.52 bits per heavy atom. The van der Waals surface area contributed by atoms with E-state index >= 15 is 0 Å². The molecule has 0 fully saturated rings. The van der Waals surface area contributed by atoms with Crippen LogP contribution < -0.4 is 20.1 Å². The number of benzene rings is 3. The maximum atomic E-state index is 12.5. The van der Waals surface area contributed by atoms with Crippen molar-refractivity contribution in [2.24, 2.45) is 0 Å². The van der Waals surface area contributed by atoms with E-state index in [9.17, 15) is 4.79 Å². The van der Waals surface area contributed by atoms with Crippen LogP contribution in [0.3, 0.4) is 0 Å². The fourth-order valence-corrected chi connectivity index (χ4v) is 4.14. The third-order valence-corrected chi connectivity index (χ3v) is 5.77. The quantitative estimate of drug-likeness (QED) is 0.390. The lowest BCUT2D eigenvalue weighted by molar-refractivity contribution is 0.0955. The van der Waals surface area contributed by atoms with Crippen molar-refractivity contribution in [3.05, 3.63) is 72.3 Å². The minimum Gasteiger partial charge on any atom is -0.493 e. The molecule has 0 aliphatic rings. The summed E-state index contributed by atoms with van der Waals surface area (Å²) in [5.41, 5.74) is 2.46. The maximum Gasteiger partial charge on any atom is 0.251 e. The van der Waals surface area contributed by atoms with Crippen LogP contribution in [0, 0.1) is 0 Å². The smallest absolute Gasteiger partial charge is 0.251 e. The first-order chi connectivity index (χ1) is 15.2. The van der Waals surface area contributed by atoms with Crippen molar-refractivity contribution in [2.45, 2.75) is 0 Å². The van der Waals surface area contributed by atoms with Crippen molar-refractivity contribution in [1.29, 1.82) is 0 Å². The SMILES string of the molecule is COc1cccc(-c2ccc(C(=O)NCCNc3nsc4ccccc34)cc2)c1OC. The van der Waals surface area contributed by atoms with Crippen LogP contribution in [0.4, 0.5) is 5.82 Å². The van der Waals surface area contributed by atoms with Gasteiger partial charge in [-0.2, -0.15) is 4.37 Å². The molecule has 0 aliphatic heterocycles. The highest BCUT2D eigenvalue weighted by molar-refractivity contribution is 7.13. The molecule has 1 heterocycles. The van der Waals surface area contributed by atoms with Gasteiger partial charge < -0.3 is 20.1 Å². The summed E-state index contributed by atoms with van der Waals surface area (Å²) in [6.07, 6.45) is 0. The lowest BCUT2D eigenvalue weighted by atomic mass is 10.0. The number of nitrogens with one attached hydrogen (secondary N) is 2. The lowest BCUT2D eigenvalue weighted by Gasteiger charge is -2.13. The van der Waals surface area contributed by atoms with Crippen molar-refractivity contribution >= 4 is 33.3 Å². The summed E-state index contributed by atoms with van der Waals surface area (Å²) in [5, 5.41) is 7.33. The number of rotatable bonds is 8. The zero-order valence-corrected chi connectivity index (χ0v) is 18.2. The number of fused-ring (bicyclic) bond motifs is 1. The molecular formula is C24H23N3O3S. The molecule has 0 saturated carbocycles. The normalized spacial score (nSPS) is 10.6. The average molecular weight is 434 g/mol. The average Bonchev–Trinajstić information content (AvgIpc) is 3.24. The Balaban J connectivity index is 1.36. The monoisotopic (exact) mass is 433 g/mol. The number of carbonyl (C=O) groups excluding carboxylic acids is 1. The predicted octanol–water partition coefficient (Wildman–Crippen LogP) is 4.82. The second-order valence-electron chi connectivity index (χ2n) is 6.83. The second-order valence-corrected chi connectivity index (χ2v) is 7.63. The van der Waals surface area contributed by atoms with Crippen LogP contribution in [0.25, 0.3) is 21.2 Å². The van der Waals surface area contributed by atoms with Gasteiger partial charge in [-0.15, -0.1) is 0 Å². The van der Waals surface area contributed by atoms with E-state index in [0.717, 1.165) is 27.0 Å². The van der Waals surface area contributed by atoms with Crippen molar-refractivity contribution in [2.75, 3.05) is 32.6 Å². The molecule has 6 nitrogen and oxygen atoms in total. The highest BCUT2D eigenvalue weighted by Gasteiger charge is 2.12. The van der Waals surface area contributed by atoms with Crippen LogP contribution in [0.5, 0.6) is 11.5 Å². The summed E-state index contributed by atoms with van der Waals surface area (Å²) in [7, 11) is 3.23. The Kier molecular flexibility index (Phi) is 6.33. The minimum atomic E-state index is -0.117. The molecule has 0 bridgehead atoms. The molecule has 0 unspecified atom stereocenters. The molecule has 3 aromatic carbocycles. The summed E-state index contributed by atoms with van der Waals surface area (Å²) >= 11 is 1.46. The predicted molar refractivity (Wildman–Crippen MR) is 125 cm³/mol. The Morgan fingerprint density at radius 1 is 0.935 bits per heavy atom. The Hall–Kier alpha value is -3.58. The van der Waals surface area contributed by atoms with E-state index < -0.39 is 0 Å². The van der Waals surface area contributed by atoms with E-state index in [0.29, 0.717) is 30.2 Å². The number of aromatic nitrogens is 1. The molecule has 31 heavy (non-hydrogen) atoms. The molecule has 4 rings (SSSR count). The summed E-state index contributed by atoms with van der Waals surface area (Å²) in [5.74, 6) is 2.07. The van der Waals surface area contributed by atoms with Crippen LogP contribution in [0.15, 0.2) is 66.7 Å². The molecule has 2 N–H and O–H groups in total. The zero-order chi connectivity index (χ0) is 21.6. The van der Waals surface area contributed by atoms with Crippen LogP contribution in [-0.2, 0) is 0 Å². The largest absolute Gasteiger partial charge is 0.493 e.